The number of ether oxygens (including phenoxy) is 2. The van der Waals surface area contributed by atoms with Crippen LogP contribution in [0.5, 0.6) is 0 Å². The molecule has 0 N–H and O–H groups in total. The first kappa shape index (κ1) is 21.2. The van der Waals surface area contributed by atoms with Crippen molar-refractivity contribution in [1.82, 2.24) is 0 Å². The standard InChI is InChI=1S/C18H24Br2O4/c1-3-5-7-9-23-17(21)13-11-14(16(20)15(19)12-13)18(22)24-10-8-6-4-2/h11-12H,3-10H2,1-2H3. The van der Waals surface area contributed by atoms with Crippen molar-refractivity contribution in [2.24, 2.45) is 0 Å². The molecule has 0 bridgehead atoms. The number of esters is 2. The van der Waals surface area contributed by atoms with Gasteiger partial charge in [-0.1, -0.05) is 39.5 Å². The predicted molar refractivity (Wildman–Crippen MR) is 101 cm³/mol. The van der Waals surface area contributed by atoms with Crippen molar-refractivity contribution in [2.45, 2.75) is 52.4 Å². The van der Waals surface area contributed by atoms with Crippen molar-refractivity contribution in [3.63, 3.8) is 0 Å². The third kappa shape index (κ3) is 6.93. The molecule has 1 rings (SSSR count). The highest BCUT2D eigenvalue weighted by molar-refractivity contribution is 9.13. The molecule has 0 aromatic heterocycles. The molecule has 0 aliphatic rings. The average molecular weight is 464 g/mol. The van der Waals surface area contributed by atoms with Gasteiger partial charge in [0.2, 0.25) is 0 Å². The van der Waals surface area contributed by atoms with Crippen molar-refractivity contribution >= 4 is 43.8 Å². The summed E-state index contributed by atoms with van der Waals surface area (Å²) in [6.45, 7) is 4.94. The number of unbranched alkanes of at least 4 members (excludes halogenated alkanes) is 4. The average Bonchev–Trinajstić information content (AvgIpc) is 2.57. The topological polar surface area (TPSA) is 52.6 Å². The van der Waals surface area contributed by atoms with Crippen LogP contribution < -0.4 is 0 Å². The van der Waals surface area contributed by atoms with E-state index in [1.165, 1.54) is 6.07 Å². The molecule has 0 saturated carbocycles. The maximum Gasteiger partial charge on any atom is 0.339 e. The molecule has 0 aliphatic heterocycles. The van der Waals surface area contributed by atoms with E-state index in [9.17, 15) is 9.59 Å². The summed E-state index contributed by atoms with van der Waals surface area (Å²) in [6, 6.07) is 3.15. The maximum absolute atomic E-state index is 12.2. The van der Waals surface area contributed by atoms with Crippen molar-refractivity contribution in [1.29, 1.82) is 0 Å². The Bertz CT molecular complexity index is 558. The van der Waals surface area contributed by atoms with Gasteiger partial charge in [0, 0.05) is 8.95 Å². The fourth-order valence-electron chi connectivity index (χ4n) is 2.05. The summed E-state index contributed by atoms with van der Waals surface area (Å²) in [5.41, 5.74) is 0.656. The van der Waals surface area contributed by atoms with E-state index in [2.05, 4.69) is 45.7 Å². The van der Waals surface area contributed by atoms with Gasteiger partial charge >= 0.3 is 11.9 Å². The first-order valence-electron chi connectivity index (χ1n) is 8.34. The Morgan fingerprint density at radius 1 is 0.875 bits per heavy atom. The Morgan fingerprint density at radius 3 is 1.96 bits per heavy atom. The Labute approximate surface area is 160 Å². The van der Waals surface area contributed by atoms with Gasteiger partial charge in [-0.2, -0.15) is 0 Å². The second kappa shape index (κ2) is 11.6. The molecule has 0 radical (unpaired) electrons. The van der Waals surface area contributed by atoms with E-state index in [0.717, 1.165) is 38.5 Å². The maximum atomic E-state index is 12.2. The Balaban J connectivity index is 2.77. The summed E-state index contributed by atoms with van der Waals surface area (Å²) in [4.78, 5) is 24.4. The van der Waals surface area contributed by atoms with Crippen LogP contribution >= 0.6 is 31.9 Å². The van der Waals surface area contributed by atoms with Gasteiger partial charge in [0.1, 0.15) is 0 Å². The minimum atomic E-state index is -0.445. The molecule has 1 aromatic carbocycles. The lowest BCUT2D eigenvalue weighted by Crippen LogP contribution is -2.11. The minimum absolute atomic E-state index is 0.321. The van der Waals surface area contributed by atoms with E-state index in [-0.39, 0.29) is 0 Å². The molecular formula is C18H24Br2O4. The SMILES string of the molecule is CCCCCOC(=O)c1cc(Br)c(Br)c(C(=O)OCCCCC)c1. The lowest BCUT2D eigenvalue weighted by atomic mass is 10.1. The van der Waals surface area contributed by atoms with Crippen molar-refractivity contribution in [3.8, 4) is 0 Å². The van der Waals surface area contributed by atoms with Crippen LogP contribution in [0.15, 0.2) is 21.1 Å². The first-order chi connectivity index (χ1) is 11.5. The van der Waals surface area contributed by atoms with E-state index in [0.29, 0.717) is 33.3 Å². The highest BCUT2D eigenvalue weighted by Gasteiger charge is 2.19. The zero-order valence-corrected chi connectivity index (χ0v) is 17.4. The summed E-state index contributed by atoms with van der Waals surface area (Å²) < 4.78 is 11.7. The van der Waals surface area contributed by atoms with Gasteiger partial charge in [-0.15, -0.1) is 0 Å². The number of carbonyl (C=O) groups is 2. The lowest BCUT2D eigenvalue weighted by molar-refractivity contribution is 0.0495. The summed E-state index contributed by atoms with van der Waals surface area (Å²) >= 11 is 6.72. The highest BCUT2D eigenvalue weighted by atomic mass is 79.9. The smallest absolute Gasteiger partial charge is 0.339 e. The lowest BCUT2D eigenvalue weighted by Gasteiger charge is -2.10. The zero-order chi connectivity index (χ0) is 17.9. The van der Waals surface area contributed by atoms with Crippen LogP contribution in [0, 0.1) is 0 Å². The summed E-state index contributed by atoms with van der Waals surface area (Å²) in [5.74, 6) is -0.876. The number of hydrogen-bond acceptors (Lipinski definition) is 4. The molecule has 134 valence electrons. The molecular weight excluding hydrogens is 440 g/mol. The van der Waals surface area contributed by atoms with Crippen LogP contribution in [0.3, 0.4) is 0 Å². The number of rotatable bonds is 10. The van der Waals surface area contributed by atoms with Crippen LogP contribution in [0.25, 0.3) is 0 Å². The van der Waals surface area contributed by atoms with Crippen LogP contribution in [0.2, 0.25) is 0 Å². The largest absolute Gasteiger partial charge is 0.462 e. The van der Waals surface area contributed by atoms with Gasteiger partial charge in [0.15, 0.2) is 0 Å². The molecule has 0 heterocycles. The Kier molecular flexibility index (Phi) is 10.3. The molecule has 0 atom stereocenters. The molecule has 0 spiro atoms. The van der Waals surface area contributed by atoms with Gasteiger partial charge < -0.3 is 9.47 Å². The fourth-order valence-corrected chi connectivity index (χ4v) is 2.90. The van der Waals surface area contributed by atoms with E-state index < -0.39 is 11.9 Å². The molecule has 24 heavy (non-hydrogen) atoms. The van der Waals surface area contributed by atoms with E-state index in [1.807, 2.05) is 0 Å². The third-order valence-electron chi connectivity index (χ3n) is 3.45. The molecule has 0 fully saturated rings. The second-order valence-electron chi connectivity index (χ2n) is 5.51. The Hall–Kier alpha value is -0.880. The van der Waals surface area contributed by atoms with Gasteiger partial charge in [-0.25, -0.2) is 9.59 Å². The third-order valence-corrected chi connectivity index (χ3v) is 5.46. The van der Waals surface area contributed by atoms with Gasteiger partial charge in [-0.05, 0) is 56.8 Å². The number of carbonyl (C=O) groups excluding carboxylic acids is 2. The molecule has 0 amide bonds. The normalized spacial score (nSPS) is 10.5. The van der Waals surface area contributed by atoms with Crippen LogP contribution in [-0.2, 0) is 9.47 Å². The van der Waals surface area contributed by atoms with Gasteiger partial charge in [0.05, 0.1) is 24.3 Å². The molecule has 4 nitrogen and oxygen atoms in total. The number of hydrogen-bond donors (Lipinski definition) is 0. The summed E-state index contributed by atoms with van der Waals surface area (Å²) in [6.07, 6.45) is 5.84. The minimum Gasteiger partial charge on any atom is -0.462 e. The van der Waals surface area contributed by atoms with Gasteiger partial charge in [0.25, 0.3) is 0 Å². The summed E-state index contributed by atoms with van der Waals surface area (Å²) in [7, 11) is 0. The number of benzene rings is 1. The first-order valence-corrected chi connectivity index (χ1v) is 9.93. The fraction of sp³-hybridized carbons (Fsp3) is 0.556. The summed E-state index contributed by atoms with van der Waals surface area (Å²) in [5, 5.41) is 0. The van der Waals surface area contributed by atoms with E-state index >= 15 is 0 Å². The second-order valence-corrected chi connectivity index (χ2v) is 7.15. The van der Waals surface area contributed by atoms with Gasteiger partial charge in [-0.3, -0.25) is 0 Å². The molecule has 0 aliphatic carbocycles. The molecule has 6 heteroatoms. The van der Waals surface area contributed by atoms with Crippen molar-refractivity contribution in [3.05, 3.63) is 32.2 Å². The van der Waals surface area contributed by atoms with Crippen molar-refractivity contribution in [2.75, 3.05) is 13.2 Å². The van der Waals surface area contributed by atoms with E-state index in [1.54, 1.807) is 6.07 Å². The Morgan fingerprint density at radius 2 is 1.42 bits per heavy atom. The zero-order valence-electron chi connectivity index (χ0n) is 14.2. The molecule has 0 unspecified atom stereocenters. The van der Waals surface area contributed by atoms with Crippen molar-refractivity contribution < 1.29 is 19.1 Å². The van der Waals surface area contributed by atoms with E-state index in [4.69, 9.17) is 9.47 Å². The molecule has 1 aromatic rings. The predicted octanol–water partition coefficient (Wildman–Crippen LogP) is 5.91. The highest BCUT2D eigenvalue weighted by Crippen LogP contribution is 2.29. The quantitative estimate of drug-likeness (QED) is 0.320. The van der Waals surface area contributed by atoms with Crippen LogP contribution in [0.1, 0.15) is 73.1 Å². The monoisotopic (exact) mass is 462 g/mol. The molecule has 0 saturated heterocycles. The number of halogens is 2. The van der Waals surface area contributed by atoms with Crippen LogP contribution in [-0.4, -0.2) is 25.2 Å². The van der Waals surface area contributed by atoms with Crippen LogP contribution in [0.4, 0.5) is 0 Å².